The zero-order valence-electron chi connectivity index (χ0n) is 13.9. The van der Waals surface area contributed by atoms with Crippen LogP contribution in [0.15, 0.2) is 24.5 Å². The molecular weight excluding hydrogens is 322 g/mol. The molecule has 1 atom stereocenters. The lowest BCUT2D eigenvalue weighted by atomic mass is 10.2. The number of ether oxygens (including phenoxy) is 1. The van der Waals surface area contributed by atoms with Gasteiger partial charge in [-0.05, 0) is 18.1 Å². The number of aromatic nitrogens is 4. The van der Waals surface area contributed by atoms with E-state index in [1.165, 1.54) is 0 Å². The molecule has 0 aromatic carbocycles. The van der Waals surface area contributed by atoms with Gasteiger partial charge in [-0.1, -0.05) is 6.07 Å². The molecule has 0 radical (unpaired) electrons. The highest BCUT2D eigenvalue weighted by atomic mass is 16.5. The van der Waals surface area contributed by atoms with E-state index in [-0.39, 0.29) is 11.9 Å². The number of nitrogens with one attached hydrogen (secondary N) is 2. The van der Waals surface area contributed by atoms with Crippen molar-refractivity contribution >= 4 is 5.91 Å². The zero-order valence-corrected chi connectivity index (χ0v) is 13.9. The molecule has 1 amide bonds. The first kappa shape index (κ1) is 16.1. The summed E-state index contributed by atoms with van der Waals surface area (Å²) in [4.78, 5) is 18.4. The Labute approximate surface area is 145 Å². The molecular formula is C16H21N7O2. The summed E-state index contributed by atoms with van der Waals surface area (Å²) in [5, 5.41) is 8.46. The summed E-state index contributed by atoms with van der Waals surface area (Å²) in [5.41, 5.74) is 7.04. The number of rotatable bonds is 5. The molecule has 4 rings (SSSR count). The zero-order chi connectivity index (χ0) is 17.1. The fraction of sp³-hybridized carbons (Fsp3) is 0.500. The summed E-state index contributed by atoms with van der Waals surface area (Å²) >= 11 is 0. The Hall–Kier alpha value is -2.36. The number of amides is 1. The Bertz CT molecular complexity index is 727. The SMILES string of the molecule is O=C(C1CCNN1)N1CCn2c(COCc3cccnc3)nnc2C1. The van der Waals surface area contributed by atoms with E-state index in [2.05, 4.69) is 26.0 Å². The summed E-state index contributed by atoms with van der Waals surface area (Å²) in [6.07, 6.45) is 4.34. The van der Waals surface area contributed by atoms with E-state index in [0.29, 0.717) is 32.8 Å². The first-order valence-electron chi connectivity index (χ1n) is 8.46. The minimum Gasteiger partial charge on any atom is -0.369 e. The van der Waals surface area contributed by atoms with E-state index in [1.807, 2.05) is 21.6 Å². The highest BCUT2D eigenvalue weighted by Gasteiger charge is 2.30. The fourth-order valence-electron chi connectivity index (χ4n) is 3.15. The van der Waals surface area contributed by atoms with Gasteiger partial charge in [0.1, 0.15) is 12.6 Å². The van der Waals surface area contributed by atoms with Crippen LogP contribution in [0.4, 0.5) is 0 Å². The third kappa shape index (κ3) is 3.53. The number of hydrogen-bond donors (Lipinski definition) is 2. The van der Waals surface area contributed by atoms with E-state index >= 15 is 0 Å². The monoisotopic (exact) mass is 343 g/mol. The van der Waals surface area contributed by atoms with Gasteiger partial charge in [0.2, 0.25) is 5.91 Å². The molecule has 2 aliphatic heterocycles. The standard InChI is InChI=1S/C16H21N7O2/c24-16(13-3-5-18-19-13)22-6-7-23-14(9-22)20-21-15(23)11-25-10-12-2-1-4-17-8-12/h1-2,4,8,13,18-19H,3,5-7,9-11H2. The van der Waals surface area contributed by atoms with Gasteiger partial charge in [-0.2, -0.15) is 0 Å². The van der Waals surface area contributed by atoms with Gasteiger partial charge in [0, 0.05) is 32.0 Å². The van der Waals surface area contributed by atoms with Crippen molar-refractivity contribution < 1.29 is 9.53 Å². The number of carbonyl (C=O) groups excluding carboxylic acids is 1. The second-order valence-electron chi connectivity index (χ2n) is 6.21. The van der Waals surface area contributed by atoms with Crippen LogP contribution in [0.3, 0.4) is 0 Å². The van der Waals surface area contributed by atoms with Crippen LogP contribution >= 0.6 is 0 Å². The predicted molar refractivity (Wildman–Crippen MR) is 87.7 cm³/mol. The Morgan fingerprint density at radius 2 is 2.28 bits per heavy atom. The number of pyridine rings is 1. The minimum absolute atomic E-state index is 0.119. The molecule has 2 aromatic rings. The molecule has 0 spiro atoms. The highest BCUT2D eigenvalue weighted by molar-refractivity contribution is 5.82. The van der Waals surface area contributed by atoms with E-state index < -0.39 is 0 Å². The van der Waals surface area contributed by atoms with Crippen molar-refractivity contribution in [3.05, 3.63) is 41.7 Å². The summed E-state index contributed by atoms with van der Waals surface area (Å²) in [7, 11) is 0. The Morgan fingerprint density at radius 1 is 1.32 bits per heavy atom. The largest absolute Gasteiger partial charge is 0.369 e. The molecule has 2 aliphatic rings. The van der Waals surface area contributed by atoms with Crippen LogP contribution in [0.5, 0.6) is 0 Å². The van der Waals surface area contributed by atoms with E-state index in [4.69, 9.17) is 4.74 Å². The lowest BCUT2D eigenvalue weighted by Crippen LogP contribution is -2.48. The average Bonchev–Trinajstić information content (AvgIpc) is 3.32. The summed E-state index contributed by atoms with van der Waals surface area (Å²) in [5.74, 6) is 1.73. The molecule has 0 bridgehead atoms. The maximum absolute atomic E-state index is 12.5. The number of hydrogen-bond acceptors (Lipinski definition) is 7. The van der Waals surface area contributed by atoms with E-state index in [1.54, 1.807) is 12.4 Å². The molecule has 1 unspecified atom stereocenters. The Kier molecular flexibility index (Phi) is 4.68. The lowest BCUT2D eigenvalue weighted by Gasteiger charge is -2.29. The summed E-state index contributed by atoms with van der Waals surface area (Å²) in [6.45, 7) is 3.55. The van der Waals surface area contributed by atoms with Crippen molar-refractivity contribution in [2.45, 2.75) is 38.8 Å². The maximum Gasteiger partial charge on any atom is 0.241 e. The number of carbonyl (C=O) groups is 1. The van der Waals surface area contributed by atoms with Crippen LogP contribution in [0.2, 0.25) is 0 Å². The van der Waals surface area contributed by atoms with Crippen LogP contribution in [-0.4, -0.2) is 49.7 Å². The van der Waals surface area contributed by atoms with Crippen LogP contribution in [0.25, 0.3) is 0 Å². The van der Waals surface area contributed by atoms with Gasteiger partial charge < -0.3 is 14.2 Å². The molecule has 1 fully saturated rings. The Morgan fingerprint density at radius 3 is 3.08 bits per heavy atom. The van der Waals surface area contributed by atoms with Gasteiger partial charge in [0.05, 0.1) is 13.2 Å². The molecule has 0 saturated carbocycles. The Balaban J connectivity index is 1.34. The van der Waals surface area contributed by atoms with Crippen LogP contribution in [-0.2, 0) is 35.8 Å². The molecule has 25 heavy (non-hydrogen) atoms. The lowest BCUT2D eigenvalue weighted by molar-refractivity contribution is -0.134. The van der Waals surface area contributed by atoms with Crippen LogP contribution < -0.4 is 10.9 Å². The molecule has 132 valence electrons. The molecule has 9 heteroatoms. The van der Waals surface area contributed by atoms with Crippen molar-refractivity contribution in [1.82, 2.24) is 35.5 Å². The number of fused-ring (bicyclic) bond motifs is 1. The van der Waals surface area contributed by atoms with Crippen molar-refractivity contribution in [3.8, 4) is 0 Å². The molecule has 1 saturated heterocycles. The molecule has 9 nitrogen and oxygen atoms in total. The van der Waals surface area contributed by atoms with Crippen molar-refractivity contribution in [2.75, 3.05) is 13.1 Å². The topological polar surface area (TPSA) is 97.2 Å². The van der Waals surface area contributed by atoms with Crippen molar-refractivity contribution in [2.24, 2.45) is 0 Å². The first-order chi connectivity index (χ1) is 12.3. The van der Waals surface area contributed by atoms with E-state index in [0.717, 1.165) is 30.2 Å². The molecule has 2 N–H and O–H groups in total. The average molecular weight is 343 g/mol. The highest BCUT2D eigenvalue weighted by Crippen LogP contribution is 2.15. The normalized spacial score (nSPS) is 19.8. The first-order valence-corrected chi connectivity index (χ1v) is 8.46. The molecule has 0 aliphatic carbocycles. The second-order valence-corrected chi connectivity index (χ2v) is 6.21. The number of nitrogens with zero attached hydrogens (tertiary/aromatic N) is 5. The third-order valence-electron chi connectivity index (χ3n) is 4.50. The van der Waals surface area contributed by atoms with Gasteiger partial charge in [0.15, 0.2) is 11.6 Å². The van der Waals surface area contributed by atoms with Gasteiger partial charge in [0.25, 0.3) is 0 Å². The second kappa shape index (κ2) is 7.26. The summed E-state index contributed by atoms with van der Waals surface area (Å²) in [6, 6.07) is 3.72. The van der Waals surface area contributed by atoms with Crippen molar-refractivity contribution in [3.63, 3.8) is 0 Å². The van der Waals surface area contributed by atoms with Crippen LogP contribution in [0, 0.1) is 0 Å². The minimum atomic E-state index is -0.142. The fourth-order valence-corrected chi connectivity index (χ4v) is 3.15. The van der Waals surface area contributed by atoms with Gasteiger partial charge in [-0.25, -0.2) is 5.43 Å². The molecule has 2 aromatic heterocycles. The van der Waals surface area contributed by atoms with Crippen molar-refractivity contribution in [1.29, 1.82) is 0 Å². The smallest absolute Gasteiger partial charge is 0.241 e. The molecule has 4 heterocycles. The quantitative estimate of drug-likeness (QED) is 0.762. The van der Waals surface area contributed by atoms with E-state index in [9.17, 15) is 4.79 Å². The number of hydrazine groups is 1. The van der Waals surface area contributed by atoms with Gasteiger partial charge in [-0.3, -0.25) is 15.2 Å². The predicted octanol–water partition coefficient (Wildman–Crippen LogP) is -0.401. The van der Waals surface area contributed by atoms with Crippen LogP contribution in [0.1, 0.15) is 23.6 Å². The van der Waals surface area contributed by atoms with Gasteiger partial charge >= 0.3 is 0 Å². The van der Waals surface area contributed by atoms with Gasteiger partial charge in [-0.15, -0.1) is 10.2 Å². The third-order valence-corrected chi connectivity index (χ3v) is 4.50. The maximum atomic E-state index is 12.5. The summed E-state index contributed by atoms with van der Waals surface area (Å²) < 4.78 is 7.77.